The van der Waals surface area contributed by atoms with Gasteiger partial charge in [-0.2, -0.15) is 0 Å². The zero-order valence-corrected chi connectivity index (χ0v) is 29.6. The summed E-state index contributed by atoms with van der Waals surface area (Å²) in [7, 11) is 0. The number of para-hydroxylation sites is 2. The maximum Gasteiger partial charge on any atom is 0.143 e. The highest BCUT2D eigenvalue weighted by molar-refractivity contribution is 6.15. The first-order valence-corrected chi connectivity index (χ1v) is 19.0. The van der Waals surface area contributed by atoms with Gasteiger partial charge in [0.1, 0.15) is 22.7 Å². The molecule has 2 heterocycles. The van der Waals surface area contributed by atoms with E-state index in [4.69, 9.17) is 9.15 Å². The molecule has 1 aromatic heterocycles. The average molecular weight is 699 g/mol. The van der Waals surface area contributed by atoms with Gasteiger partial charge in [-0.1, -0.05) is 152 Å². The van der Waals surface area contributed by atoms with Crippen LogP contribution in [0.15, 0.2) is 186 Å². The molecule has 254 valence electrons. The quantitative estimate of drug-likeness (QED) is 0.179. The number of rotatable bonds is 2. The number of fused-ring (bicyclic) bond motifs is 15. The molecular weight excluding hydrogens is 669 g/mol. The third-order valence-corrected chi connectivity index (χ3v) is 12.5. The molecule has 2 aliphatic carbocycles. The molecule has 0 saturated carbocycles. The van der Waals surface area contributed by atoms with E-state index >= 15 is 0 Å². The summed E-state index contributed by atoms with van der Waals surface area (Å²) in [4.78, 5) is 0. The summed E-state index contributed by atoms with van der Waals surface area (Å²) in [6, 6.07) is 66.4. The van der Waals surface area contributed by atoms with Crippen molar-refractivity contribution in [2.75, 3.05) is 0 Å². The summed E-state index contributed by atoms with van der Waals surface area (Å²) in [5.41, 5.74) is 19.0. The molecule has 3 aliphatic rings. The van der Waals surface area contributed by atoms with Crippen LogP contribution < -0.4 is 4.74 Å². The van der Waals surface area contributed by atoms with E-state index in [-0.39, 0.29) is 5.41 Å². The molecule has 1 aliphatic heterocycles. The minimum Gasteiger partial charge on any atom is -0.456 e. The predicted molar refractivity (Wildman–Crippen MR) is 224 cm³/mol. The second kappa shape index (κ2) is 10.5. The van der Waals surface area contributed by atoms with Gasteiger partial charge in [-0.25, -0.2) is 0 Å². The van der Waals surface area contributed by atoms with Gasteiger partial charge in [-0.15, -0.1) is 0 Å². The van der Waals surface area contributed by atoms with E-state index in [9.17, 15) is 0 Å². The SMILES string of the molecule is c1ccc2c(c1)-c1ccccc1C21c2ccccc2-c2c(-c3ccc4c(c3)-c3cccc5c(-c6cccc7c6oc6ccccc67)ccc(c35)O4)cccc21. The molecule has 9 aromatic carbocycles. The molecule has 0 radical (unpaired) electrons. The molecule has 13 rings (SSSR count). The molecule has 2 heteroatoms. The van der Waals surface area contributed by atoms with E-state index < -0.39 is 0 Å². The highest BCUT2D eigenvalue weighted by atomic mass is 16.5. The van der Waals surface area contributed by atoms with Crippen LogP contribution in [-0.2, 0) is 5.41 Å². The minimum atomic E-state index is -0.379. The molecule has 0 atom stereocenters. The van der Waals surface area contributed by atoms with Crippen molar-refractivity contribution in [2.24, 2.45) is 0 Å². The predicted octanol–water partition coefficient (Wildman–Crippen LogP) is 14.2. The largest absolute Gasteiger partial charge is 0.456 e. The second-order valence-electron chi connectivity index (χ2n) is 15.0. The van der Waals surface area contributed by atoms with E-state index in [1.54, 1.807) is 0 Å². The standard InChI is InChI=1S/C53H30O2/c1-5-21-43-34(12-1)35-13-2-6-22-44(35)53(43)45-23-7-3-15-41(45)50-32(16-11-24-46(50)53)31-26-28-48-42(30-31)38-18-9-17-37-33(27-29-49(54-48)51(37)38)39-19-10-20-40-36-14-4-8-25-47(36)55-52(39)40/h1-30H. The Hall–Kier alpha value is -7.16. The summed E-state index contributed by atoms with van der Waals surface area (Å²) in [6.07, 6.45) is 0. The van der Waals surface area contributed by atoms with Crippen LogP contribution in [0.3, 0.4) is 0 Å². The Bertz CT molecular complexity index is 3260. The zero-order valence-electron chi connectivity index (χ0n) is 29.6. The Morgan fingerprint density at radius 3 is 1.75 bits per heavy atom. The summed E-state index contributed by atoms with van der Waals surface area (Å²) in [5, 5.41) is 4.53. The Labute approximate surface area is 317 Å². The number of furan rings is 1. The van der Waals surface area contributed by atoms with Crippen LogP contribution in [0.1, 0.15) is 22.3 Å². The Balaban J connectivity index is 1.02. The van der Waals surface area contributed by atoms with Gasteiger partial charge in [-0.3, -0.25) is 0 Å². The van der Waals surface area contributed by atoms with Crippen LogP contribution in [0, 0.1) is 0 Å². The smallest absolute Gasteiger partial charge is 0.143 e. The first-order chi connectivity index (χ1) is 27.3. The Morgan fingerprint density at radius 2 is 0.927 bits per heavy atom. The van der Waals surface area contributed by atoms with E-state index in [1.165, 1.54) is 61.2 Å². The van der Waals surface area contributed by atoms with Gasteiger partial charge >= 0.3 is 0 Å². The molecule has 0 saturated heterocycles. The molecule has 1 spiro atoms. The van der Waals surface area contributed by atoms with E-state index in [2.05, 4.69) is 170 Å². The van der Waals surface area contributed by atoms with Crippen LogP contribution in [-0.4, -0.2) is 0 Å². The summed E-state index contributed by atoms with van der Waals surface area (Å²) in [6.45, 7) is 0. The van der Waals surface area contributed by atoms with Crippen molar-refractivity contribution < 1.29 is 9.15 Å². The number of hydrogen-bond acceptors (Lipinski definition) is 2. The molecule has 2 nitrogen and oxygen atoms in total. The Morgan fingerprint density at radius 1 is 0.345 bits per heavy atom. The summed E-state index contributed by atoms with van der Waals surface area (Å²) >= 11 is 0. The number of benzene rings is 9. The van der Waals surface area contributed by atoms with Gasteiger partial charge in [0, 0.05) is 27.3 Å². The highest BCUT2D eigenvalue weighted by Crippen LogP contribution is 2.64. The molecule has 0 bridgehead atoms. The molecule has 0 unspecified atom stereocenters. The first kappa shape index (κ1) is 29.3. The second-order valence-corrected chi connectivity index (χ2v) is 15.0. The highest BCUT2D eigenvalue weighted by Gasteiger charge is 2.52. The first-order valence-electron chi connectivity index (χ1n) is 19.0. The van der Waals surface area contributed by atoms with E-state index in [0.717, 1.165) is 60.9 Å². The fraction of sp³-hybridized carbons (Fsp3) is 0.0189. The molecule has 0 amide bonds. The summed E-state index contributed by atoms with van der Waals surface area (Å²) < 4.78 is 13.3. The zero-order chi connectivity index (χ0) is 35.8. The molecule has 55 heavy (non-hydrogen) atoms. The van der Waals surface area contributed by atoms with Crippen molar-refractivity contribution in [1.82, 2.24) is 0 Å². The maximum atomic E-state index is 6.75. The van der Waals surface area contributed by atoms with Crippen molar-refractivity contribution in [2.45, 2.75) is 5.41 Å². The summed E-state index contributed by atoms with van der Waals surface area (Å²) in [5.74, 6) is 1.75. The maximum absolute atomic E-state index is 6.75. The molecule has 0 N–H and O–H groups in total. The third-order valence-electron chi connectivity index (χ3n) is 12.5. The topological polar surface area (TPSA) is 22.4 Å². The lowest BCUT2D eigenvalue weighted by Gasteiger charge is -2.30. The lowest BCUT2D eigenvalue weighted by molar-refractivity contribution is 0.487. The Kier molecular flexibility index (Phi) is 5.59. The lowest BCUT2D eigenvalue weighted by atomic mass is 9.70. The van der Waals surface area contributed by atoms with Crippen molar-refractivity contribution in [3.63, 3.8) is 0 Å². The van der Waals surface area contributed by atoms with Gasteiger partial charge in [0.25, 0.3) is 0 Å². The van der Waals surface area contributed by atoms with Gasteiger partial charge in [-0.05, 0) is 102 Å². The average Bonchev–Trinajstić information content (AvgIpc) is 3.88. The van der Waals surface area contributed by atoms with Gasteiger partial charge in [0.2, 0.25) is 0 Å². The van der Waals surface area contributed by atoms with E-state index in [0.29, 0.717) is 0 Å². The fourth-order valence-electron chi connectivity index (χ4n) is 10.4. The van der Waals surface area contributed by atoms with Crippen LogP contribution in [0.25, 0.3) is 88.3 Å². The monoisotopic (exact) mass is 698 g/mol. The number of hydrogen-bond donors (Lipinski definition) is 0. The van der Waals surface area contributed by atoms with Crippen molar-refractivity contribution in [1.29, 1.82) is 0 Å². The molecule has 0 fully saturated rings. The lowest BCUT2D eigenvalue weighted by Crippen LogP contribution is -2.25. The van der Waals surface area contributed by atoms with Gasteiger partial charge < -0.3 is 9.15 Å². The van der Waals surface area contributed by atoms with Crippen molar-refractivity contribution in [3.8, 4) is 67.1 Å². The van der Waals surface area contributed by atoms with E-state index in [1.807, 2.05) is 12.1 Å². The molecular formula is C53H30O2. The van der Waals surface area contributed by atoms with Crippen molar-refractivity contribution in [3.05, 3.63) is 204 Å². The normalized spacial score (nSPS) is 13.7. The van der Waals surface area contributed by atoms with Crippen molar-refractivity contribution >= 4 is 32.7 Å². The molecule has 10 aromatic rings. The van der Waals surface area contributed by atoms with Crippen LogP contribution in [0.2, 0.25) is 0 Å². The number of ether oxygens (including phenoxy) is 1. The minimum absolute atomic E-state index is 0.379. The van der Waals surface area contributed by atoms with Crippen LogP contribution in [0.5, 0.6) is 11.5 Å². The van der Waals surface area contributed by atoms with Crippen LogP contribution >= 0.6 is 0 Å². The van der Waals surface area contributed by atoms with Gasteiger partial charge in [0.15, 0.2) is 0 Å². The van der Waals surface area contributed by atoms with Crippen LogP contribution in [0.4, 0.5) is 0 Å². The fourth-order valence-corrected chi connectivity index (χ4v) is 10.4. The van der Waals surface area contributed by atoms with Gasteiger partial charge in [0.05, 0.1) is 5.41 Å². The third kappa shape index (κ3) is 3.64.